The molecule has 18 heavy (non-hydrogen) atoms. The van der Waals surface area contributed by atoms with Crippen LogP contribution in [0.25, 0.3) is 22.0 Å². The molecule has 0 amide bonds. The molecule has 0 radical (unpaired) electrons. The molecule has 0 aliphatic rings. The van der Waals surface area contributed by atoms with Crippen LogP contribution in [0.4, 0.5) is 0 Å². The van der Waals surface area contributed by atoms with Gasteiger partial charge in [-0.2, -0.15) is 0 Å². The van der Waals surface area contributed by atoms with E-state index in [1.54, 1.807) is 0 Å². The van der Waals surface area contributed by atoms with Gasteiger partial charge in [-0.25, -0.2) is 0 Å². The minimum atomic E-state index is 1.27. The molecule has 3 aromatic rings. The van der Waals surface area contributed by atoms with Crippen LogP contribution in [-0.2, 0) is 14.1 Å². The van der Waals surface area contributed by atoms with Crippen molar-refractivity contribution in [3.8, 4) is 11.1 Å². The summed E-state index contributed by atoms with van der Waals surface area (Å²) >= 11 is 0. The lowest BCUT2D eigenvalue weighted by Gasteiger charge is -2.02. The Morgan fingerprint density at radius 2 is 1.72 bits per heavy atom. The molecule has 0 unspecified atom stereocenters. The summed E-state index contributed by atoms with van der Waals surface area (Å²) in [5.41, 5.74) is 6.59. The Morgan fingerprint density at radius 1 is 0.944 bits per heavy atom. The maximum atomic E-state index is 2.28. The highest BCUT2D eigenvalue weighted by Gasteiger charge is 2.09. The van der Waals surface area contributed by atoms with E-state index in [1.807, 2.05) is 0 Å². The van der Waals surface area contributed by atoms with Gasteiger partial charge in [0.1, 0.15) is 0 Å². The molecule has 0 spiro atoms. The SMILES string of the molecule is Cc1c(C)n(C)c2cc(-c3ccn(C)c3)ccc12. The summed E-state index contributed by atoms with van der Waals surface area (Å²) in [5, 5.41) is 1.36. The summed E-state index contributed by atoms with van der Waals surface area (Å²) in [6.45, 7) is 4.37. The van der Waals surface area contributed by atoms with Crippen molar-refractivity contribution in [3.05, 3.63) is 47.9 Å². The molecule has 2 aromatic heterocycles. The first-order valence-corrected chi connectivity index (χ1v) is 6.26. The molecule has 92 valence electrons. The number of benzene rings is 1. The molecule has 2 heteroatoms. The summed E-state index contributed by atoms with van der Waals surface area (Å²) in [6, 6.07) is 8.89. The molecule has 1 aromatic carbocycles. The first kappa shape index (κ1) is 11.1. The van der Waals surface area contributed by atoms with E-state index in [0.717, 1.165) is 0 Å². The highest BCUT2D eigenvalue weighted by molar-refractivity contribution is 5.89. The number of rotatable bonds is 1. The Bertz CT molecular complexity index is 729. The van der Waals surface area contributed by atoms with Crippen LogP contribution in [0.5, 0.6) is 0 Å². The van der Waals surface area contributed by atoms with E-state index < -0.39 is 0 Å². The van der Waals surface area contributed by atoms with Crippen LogP contribution in [0.1, 0.15) is 11.3 Å². The Labute approximate surface area is 107 Å². The molecule has 2 heterocycles. The zero-order chi connectivity index (χ0) is 12.9. The van der Waals surface area contributed by atoms with E-state index in [9.17, 15) is 0 Å². The van der Waals surface area contributed by atoms with Crippen molar-refractivity contribution in [2.75, 3.05) is 0 Å². The molecule has 0 bridgehead atoms. The molecule has 3 rings (SSSR count). The molecule has 0 atom stereocenters. The third kappa shape index (κ3) is 1.49. The lowest BCUT2D eigenvalue weighted by atomic mass is 10.1. The van der Waals surface area contributed by atoms with E-state index in [2.05, 4.69) is 73.7 Å². The minimum absolute atomic E-state index is 1.27. The monoisotopic (exact) mass is 238 g/mol. The van der Waals surface area contributed by atoms with Gasteiger partial charge < -0.3 is 9.13 Å². The van der Waals surface area contributed by atoms with E-state index in [4.69, 9.17) is 0 Å². The van der Waals surface area contributed by atoms with Crippen LogP contribution >= 0.6 is 0 Å². The van der Waals surface area contributed by atoms with Gasteiger partial charge in [0.05, 0.1) is 0 Å². The first-order valence-electron chi connectivity index (χ1n) is 6.26. The second-order valence-electron chi connectivity index (χ2n) is 5.07. The summed E-state index contributed by atoms with van der Waals surface area (Å²) in [6.07, 6.45) is 4.24. The topological polar surface area (TPSA) is 9.86 Å². The van der Waals surface area contributed by atoms with Gasteiger partial charge in [-0.1, -0.05) is 12.1 Å². The molecule has 0 aliphatic carbocycles. The predicted molar refractivity (Wildman–Crippen MR) is 76.8 cm³/mol. The predicted octanol–water partition coefficient (Wildman–Crippen LogP) is 3.80. The lowest BCUT2D eigenvalue weighted by Crippen LogP contribution is -1.90. The van der Waals surface area contributed by atoms with Crippen molar-refractivity contribution in [3.63, 3.8) is 0 Å². The van der Waals surface area contributed by atoms with Gasteiger partial charge in [-0.05, 0) is 42.7 Å². The molecule has 0 saturated carbocycles. The molecule has 0 saturated heterocycles. The Kier molecular flexibility index (Phi) is 2.34. The zero-order valence-corrected chi connectivity index (χ0v) is 11.4. The Hall–Kier alpha value is -1.96. The fourth-order valence-electron chi connectivity index (χ4n) is 2.61. The van der Waals surface area contributed by atoms with Crippen molar-refractivity contribution in [2.45, 2.75) is 13.8 Å². The minimum Gasteiger partial charge on any atom is -0.357 e. The second kappa shape index (κ2) is 3.77. The maximum Gasteiger partial charge on any atom is 0.0488 e. The normalized spacial score (nSPS) is 11.3. The van der Waals surface area contributed by atoms with Crippen LogP contribution in [-0.4, -0.2) is 9.13 Å². The molecular formula is C16H18N2. The largest absolute Gasteiger partial charge is 0.357 e. The molecule has 2 nitrogen and oxygen atoms in total. The summed E-state index contributed by atoms with van der Waals surface area (Å²) in [7, 11) is 4.19. The molecule has 0 aliphatic heterocycles. The summed E-state index contributed by atoms with van der Waals surface area (Å²) in [5.74, 6) is 0. The fourth-order valence-corrected chi connectivity index (χ4v) is 2.61. The number of hydrogen-bond acceptors (Lipinski definition) is 0. The average Bonchev–Trinajstić information content (AvgIpc) is 2.89. The lowest BCUT2D eigenvalue weighted by molar-refractivity contribution is 0.910. The summed E-state index contributed by atoms with van der Waals surface area (Å²) in [4.78, 5) is 0. The van der Waals surface area contributed by atoms with E-state index in [0.29, 0.717) is 0 Å². The third-order valence-corrected chi connectivity index (χ3v) is 3.97. The zero-order valence-electron chi connectivity index (χ0n) is 11.4. The van der Waals surface area contributed by atoms with Gasteiger partial charge in [0.2, 0.25) is 0 Å². The highest BCUT2D eigenvalue weighted by atomic mass is 14.9. The van der Waals surface area contributed by atoms with Crippen molar-refractivity contribution in [1.82, 2.24) is 9.13 Å². The van der Waals surface area contributed by atoms with E-state index in [1.165, 1.54) is 33.3 Å². The quantitative estimate of drug-likeness (QED) is 0.610. The van der Waals surface area contributed by atoms with Crippen molar-refractivity contribution < 1.29 is 0 Å². The standard InChI is InChI=1S/C16H18N2/c1-11-12(2)18(4)16-9-13(5-6-15(11)16)14-7-8-17(3)10-14/h5-10H,1-4H3. The van der Waals surface area contributed by atoms with Gasteiger partial charge >= 0.3 is 0 Å². The third-order valence-electron chi connectivity index (χ3n) is 3.97. The van der Waals surface area contributed by atoms with Gasteiger partial charge in [0.25, 0.3) is 0 Å². The van der Waals surface area contributed by atoms with Gasteiger partial charge in [-0.3, -0.25) is 0 Å². The maximum absolute atomic E-state index is 2.28. The van der Waals surface area contributed by atoms with Crippen LogP contribution in [0.3, 0.4) is 0 Å². The van der Waals surface area contributed by atoms with Gasteiger partial charge in [0.15, 0.2) is 0 Å². The smallest absolute Gasteiger partial charge is 0.0488 e. The van der Waals surface area contributed by atoms with Gasteiger partial charge in [-0.15, -0.1) is 0 Å². The first-order chi connectivity index (χ1) is 8.58. The van der Waals surface area contributed by atoms with Crippen LogP contribution in [0.2, 0.25) is 0 Å². The Morgan fingerprint density at radius 3 is 2.39 bits per heavy atom. The fraction of sp³-hybridized carbons (Fsp3) is 0.250. The number of fused-ring (bicyclic) bond motifs is 1. The highest BCUT2D eigenvalue weighted by Crippen LogP contribution is 2.29. The molecular weight excluding hydrogens is 220 g/mol. The van der Waals surface area contributed by atoms with Crippen molar-refractivity contribution >= 4 is 10.9 Å². The average molecular weight is 238 g/mol. The van der Waals surface area contributed by atoms with E-state index >= 15 is 0 Å². The van der Waals surface area contributed by atoms with Crippen molar-refractivity contribution in [2.24, 2.45) is 14.1 Å². The van der Waals surface area contributed by atoms with E-state index in [-0.39, 0.29) is 0 Å². The number of aryl methyl sites for hydroxylation is 3. The van der Waals surface area contributed by atoms with Crippen molar-refractivity contribution in [1.29, 1.82) is 0 Å². The number of aromatic nitrogens is 2. The second-order valence-corrected chi connectivity index (χ2v) is 5.07. The van der Waals surface area contributed by atoms with Gasteiger partial charge in [0, 0.05) is 43.1 Å². The number of nitrogens with zero attached hydrogens (tertiary/aromatic N) is 2. The van der Waals surface area contributed by atoms with Crippen LogP contribution in [0.15, 0.2) is 36.7 Å². The van der Waals surface area contributed by atoms with Crippen LogP contribution in [0, 0.1) is 13.8 Å². The van der Waals surface area contributed by atoms with Crippen LogP contribution < -0.4 is 0 Å². The Balaban J connectivity index is 2.25. The molecule has 0 fully saturated rings. The molecule has 0 N–H and O–H groups in total. The number of hydrogen-bond donors (Lipinski definition) is 0. The summed E-state index contributed by atoms with van der Waals surface area (Å²) < 4.78 is 4.36.